The molecule has 0 radical (unpaired) electrons. The summed E-state index contributed by atoms with van der Waals surface area (Å²) in [4.78, 5) is 13.5. The summed E-state index contributed by atoms with van der Waals surface area (Å²) in [6.45, 7) is 4.00. The zero-order valence-corrected chi connectivity index (χ0v) is 11.2. The van der Waals surface area contributed by atoms with Crippen molar-refractivity contribution in [2.24, 2.45) is 7.05 Å². The zero-order chi connectivity index (χ0) is 13.0. The molecule has 0 unspecified atom stereocenters. The number of hydrogen-bond donors (Lipinski definition) is 0. The summed E-state index contributed by atoms with van der Waals surface area (Å²) < 4.78 is 1.98. The number of benzene rings is 1. The Morgan fingerprint density at radius 1 is 1.18 bits per heavy atom. The highest BCUT2D eigenvalue weighted by Crippen LogP contribution is 2.20. The van der Waals surface area contributed by atoms with E-state index in [2.05, 4.69) is 0 Å². The lowest BCUT2D eigenvalue weighted by Crippen LogP contribution is -2.22. The summed E-state index contributed by atoms with van der Waals surface area (Å²) >= 11 is 0. The Hall–Kier alpha value is -1.77. The Balaban J connectivity index is 0.000000686. The quantitative estimate of drug-likeness (QED) is 0.742. The van der Waals surface area contributed by atoms with E-state index in [1.807, 2.05) is 55.9 Å². The summed E-state index contributed by atoms with van der Waals surface area (Å²) in [5, 5.41) is 1.10. The molecular formula is C14H20N2O. The first-order chi connectivity index (χ1) is 8.11. The monoisotopic (exact) mass is 232 g/mol. The van der Waals surface area contributed by atoms with Crippen LogP contribution in [0.5, 0.6) is 0 Å². The number of amides is 1. The first kappa shape index (κ1) is 13.3. The number of aryl methyl sites for hydroxylation is 1. The van der Waals surface area contributed by atoms with Crippen LogP contribution in [0.1, 0.15) is 24.2 Å². The first-order valence-corrected chi connectivity index (χ1v) is 5.87. The number of fused-ring (bicyclic) bond motifs is 1. The molecule has 0 aliphatic heterocycles. The average Bonchev–Trinajstić information content (AvgIpc) is 2.73. The van der Waals surface area contributed by atoms with Crippen molar-refractivity contribution in [3.63, 3.8) is 0 Å². The molecule has 0 aliphatic rings. The summed E-state index contributed by atoms with van der Waals surface area (Å²) in [5.41, 5.74) is 1.75. The molecule has 1 heterocycles. The molecule has 17 heavy (non-hydrogen) atoms. The maximum absolute atomic E-state index is 11.9. The van der Waals surface area contributed by atoms with E-state index in [0.717, 1.165) is 16.5 Å². The molecule has 0 N–H and O–H groups in total. The SMILES string of the molecule is CC.CN(C)C(=O)c1cccc2ccn(C)c12. The van der Waals surface area contributed by atoms with E-state index >= 15 is 0 Å². The third-order valence-corrected chi connectivity index (χ3v) is 2.53. The molecule has 0 spiro atoms. The van der Waals surface area contributed by atoms with Crippen molar-refractivity contribution in [1.29, 1.82) is 0 Å². The number of nitrogens with zero attached hydrogens (tertiary/aromatic N) is 2. The van der Waals surface area contributed by atoms with Crippen molar-refractivity contribution in [3.8, 4) is 0 Å². The van der Waals surface area contributed by atoms with Gasteiger partial charge in [-0.1, -0.05) is 26.0 Å². The summed E-state index contributed by atoms with van der Waals surface area (Å²) in [6.07, 6.45) is 1.97. The van der Waals surface area contributed by atoms with Gasteiger partial charge in [0, 0.05) is 32.7 Å². The van der Waals surface area contributed by atoms with Crippen LogP contribution in [-0.2, 0) is 7.05 Å². The van der Waals surface area contributed by atoms with Gasteiger partial charge >= 0.3 is 0 Å². The van der Waals surface area contributed by atoms with E-state index < -0.39 is 0 Å². The van der Waals surface area contributed by atoms with Crippen LogP contribution in [0.2, 0.25) is 0 Å². The van der Waals surface area contributed by atoms with E-state index in [1.54, 1.807) is 19.0 Å². The van der Waals surface area contributed by atoms with Gasteiger partial charge in [-0.25, -0.2) is 0 Å². The number of rotatable bonds is 1. The average molecular weight is 232 g/mol. The van der Waals surface area contributed by atoms with Gasteiger partial charge in [-0.3, -0.25) is 4.79 Å². The minimum Gasteiger partial charge on any atom is -0.350 e. The second kappa shape index (κ2) is 5.53. The largest absolute Gasteiger partial charge is 0.350 e. The lowest BCUT2D eigenvalue weighted by atomic mass is 10.1. The maximum atomic E-state index is 11.9. The number of aromatic nitrogens is 1. The third-order valence-electron chi connectivity index (χ3n) is 2.53. The van der Waals surface area contributed by atoms with Gasteiger partial charge in [-0.2, -0.15) is 0 Å². The standard InChI is InChI=1S/C12H14N2O.C2H6/c1-13(2)12(15)10-6-4-5-9-7-8-14(3)11(9)10;1-2/h4-8H,1-3H3;1-2H3. The van der Waals surface area contributed by atoms with E-state index in [0.29, 0.717) is 0 Å². The molecule has 1 amide bonds. The van der Waals surface area contributed by atoms with Crippen molar-refractivity contribution >= 4 is 16.8 Å². The molecule has 3 heteroatoms. The molecule has 0 saturated carbocycles. The number of carbonyl (C=O) groups excluding carboxylic acids is 1. The Kier molecular flexibility index (Phi) is 4.32. The van der Waals surface area contributed by atoms with E-state index in [1.165, 1.54) is 0 Å². The van der Waals surface area contributed by atoms with Crippen molar-refractivity contribution < 1.29 is 4.79 Å². The third kappa shape index (κ3) is 2.49. The molecule has 3 nitrogen and oxygen atoms in total. The van der Waals surface area contributed by atoms with Gasteiger partial charge in [0.15, 0.2) is 0 Å². The summed E-state index contributed by atoms with van der Waals surface area (Å²) in [5.74, 6) is 0.0439. The van der Waals surface area contributed by atoms with Crippen LogP contribution in [0, 0.1) is 0 Å². The van der Waals surface area contributed by atoms with Crippen LogP contribution < -0.4 is 0 Å². The van der Waals surface area contributed by atoms with Crippen molar-refractivity contribution in [3.05, 3.63) is 36.0 Å². The van der Waals surface area contributed by atoms with Crippen LogP contribution in [-0.4, -0.2) is 29.5 Å². The maximum Gasteiger partial charge on any atom is 0.255 e. The van der Waals surface area contributed by atoms with Crippen LogP contribution in [0.4, 0.5) is 0 Å². The van der Waals surface area contributed by atoms with Crippen LogP contribution >= 0.6 is 0 Å². The van der Waals surface area contributed by atoms with Crippen molar-refractivity contribution in [2.75, 3.05) is 14.1 Å². The smallest absolute Gasteiger partial charge is 0.255 e. The molecule has 0 atom stereocenters. The van der Waals surface area contributed by atoms with Gasteiger partial charge in [0.25, 0.3) is 5.91 Å². The van der Waals surface area contributed by atoms with Crippen LogP contribution in [0.15, 0.2) is 30.5 Å². The second-order valence-corrected chi connectivity index (χ2v) is 3.87. The van der Waals surface area contributed by atoms with Crippen molar-refractivity contribution in [2.45, 2.75) is 13.8 Å². The Morgan fingerprint density at radius 2 is 1.82 bits per heavy atom. The number of carbonyl (C=O) groups is 1. The lowest BCUT2D eigenvalue weighted by molar-refractivity contribution is 0.0829. The van der Waals surface area contributed by atoms with Gasteiger partial charge < -0.3 is 9.47 Å². The minimum atomic E-state index is 0.0439. The minimum absolute atomic E-state index is 0.0439. The predicted molar refractivity (Wildman–Crippen MR) is 72.3 cm³/mol. The number of hydrogen-bond acceptors (Lipinski definition) is 1. The van der Waals surface area contributed by atoms with Gasteiger partial charge in [0.2, 0.25) is 0 Å². The summed E-state index contributed by atoms with van der Waals surface area (Å²) in [7, 11) is 5.49. The van der Waals surface area contributed by atoms with Crippen LogP contribution in [0.3, 0.4) is 0 Å². The van der Waals surface area contributed by atoms with Crippen molar-refractivity contribution in [1.82, 2.24) is 9.47 Å². The highest BCUT2D eigenvalue weighted by atomic mass is 16.2. The second-order valence-electron chi connectivity index (χ2n) is 3.87. The predicted octanol–water partition coefficient (Wildman–Crippen LogP) is 2.91. The fourth-order valence-electron chi connectivity index (χ4n) is 1.77. The molecule has 0 bridgehead atoms. The highest BCUT2D eigenvalue weighted by Gasteiger charge is 2.13. The molecule has 0 saturated heterocycles. The molecule has 92 valence electrons. The lowest BCUT2D eigenvalue weighted by Gasteiger charge is -2.12. The molecule has 1 aromatic carbocycles. The fraction of sp³-hybridized carbons (Fsp3) is 0.357. The van der Waals surface area contributed by atoms with Gasteiger partial charge in [-0.15, -0.1) is 0 Å². The van der Waals surface area contributed by atoms with Gasteiger partial charge in [0.1, 0.15) is 0 Å². The molecule has 1 aromatic heterocycles. The van der Waals surface area contributed by atoms with Crippen LogP contribution in [0.25, 0.3) is 10.9 Å². The number of para-hydroxylation sites is 1. The molecular weight excluding hydrogens is 212 g/mol. The van der Waals surface area contributed by atoms with Gasteiger partial charge in [-0.05, 0) is 12.1 Å². The first-order valence-electron chi connectivity index (χ1n) is 5.87. The highest BCUT2D eigenvalue weighted by molar-refractivity contribution is 6.05. The fourth-order valence-corrected chi connectivity index (χ4v) is 1.77. The molecule has 2 rings (SSSR count). The van der Waals surface area contributed by atoms with Gasteiger partial charge in [0.05, 0.1) is 11.1 Å². The van der Waals surface area contributed by atoms with E-state index in [-0.39, 0.29) is 5.91 Å². The molecule has 0 fully saturated rings. The summed E-state index contributed by atoms with van der Waals surface area (Å²) in [6, 6.07) is 7.81. The Labute approximate surface area is 103 Å². The molecule has 2 aromatic rings. The van der Waals surface area contributed by atoms with E-state index in [9.17, 15) is 4.79 Å². The molecule has 0 aliphatic carbocycles. The normalized spacial score (nSPS) is 9.71. The Bertz CT molecular complexity index is 512. The topological polar surface area (TPSA) is 25.2 Å². The van der Waals surface area contributed by atoms with E-state index in [4.69, 9.17) is 0 Å². The Morgan fingerprint density at radius 3 is 2.41 bits per heavy atom. The zero-order valence-electron chi connectivity index (χ0n) is 11.2.